The molecule has 1 fully saturated rings. The van der Waals surface area contributed by atoms with Crippen molar-refractivity contribution in [1.82, 2.24) is 10.2 Å². The Balaban J connectivity index is 1.86. The number of carbonyl (C=O) groups excluding carboxylic acids is 2. The van der Waals surface area contributed by atoms with Crippen molar-refractivity contribution < 1.29 is 9.59 Å². The number of imide groups is 1. The fourth-order valence-electron chi connectivity index (χ4n) is 3.53. The van der Waals surface area contributed by atoms with E-state index in [9.17, 15) is 9.59 Å². The van der Waals surface area contributed by atoms with Gasteiger partial charge in [0.15, 0.2) is 0 Å². The molecule has 1 aromatic rings. The summed E-state index contributed by atoms with van der Waals surface area (Å²) in [5.41, 5.74) is 2.03. The van der Waals surface area contributed by atoms with Crippen molar-refractivity contribution in [3.05, 3.63) is 29.3 Å². The number of fused-ring (bicyclic) bond motifs is 1. The van der Waals surface area contributed by atoms with Crippen molar-refractivity contribution in [3.63, 3.8) is 0 Å². The van der Waals surface area contributed by atoms with Crippen molar-refractivity contribution in [2.75, 3.05) is 31.1 Å². The van der Waals surface area contributed by atoms with Crippen molar-refractivity contribution in [2.24, 2.45) is 0 Å². The van der Waals surface area contributed by atoms with Crippen LogP contribution in [0.15, 0.2) is 18.2 Å². The molecule has 2 heterocycles. The van der Waals surface area contributed by atoms with E-state index in [0.29, 0.717) is 5.56 Å². The molecule has 1 saturated heterocycles. The molecule has 0 aromatic heterocycles. The third-order valence-electron chi connectivity index (χ3n) is 5.31. The number of hydrogen-bond donors (Lipinski definition) is 1. The van der Waals surface area contributed by atoms with Crippen LogP contribution >= 0.6 is 0 Å². The van der Waals surface area contributed by atoms with E-state index in [0.717, 1.165) is 37.4 Å². The lowest BCUT2D eigenvalue weighted by Crippen LogP contribution is -2.53. The lowest BCUT2D eigenvalue weighted by atomic mass is 9.78. The number of rotatable bonds is 1. The van der Waals surface area contributed by atoms with Crippen LogP contribution in [0.25, 0.3) is 0 Å². The maximum Gasteiger partial charge on any atom is 0.258 e. The van der Waals surface area contributed by atoms with Crippen LogP contribution in [0.2, 0.25) is 0 Å². The summed E-state index contributed by atoms with van der Waals surface area (Å²) in [5.74, 6) is -0.520. The van der Waals surface area contributed by atoms with Gasteiger partial charge in [-0.15, -0.1) is 0 Å². The fourth-order valence-corrected chi connectivity index (χ4v) is 3.53. The second-order valence-corrected chi connectivity index (χ2v) is 8.28. The Labute approximate surface area is 144 Å². The monoisotopic (exact) mass is 329 g/mol. The summed E-state index contributed by atoms with van der Waals surface area (Å²) in [5, 5.41) is 2.45. The maximum atomic E-state index is 12.2. The van der Waals surface area contributed by atoms with Crippen LogP contribution in [0.5, 0.6) is 0 Å². The summed E-state index contributed by atoms with van der Waals surface area (Å²) in [4.78, 5) is 29.1. The zero-order valence-corrected chi connectivity index (χ0v) is 15.3. The number of benzene rings is 1. The smallest absolute Gasteiger partial charge is 0.258 e. The molecular formula is C19H27N3O2. The summed E-state index contributed by atoms with van der Waals surface area (Å²) in [6, 6.07) is 5.88. The first-order valence-electron chi connectivity index (χ1n) is 8.61. The highest BCUT2D eigenvalue weighted by Gasteiger charge is 2.39. The van der Waals surface area contributed by atoms with E-state index in [-0.39, 0.29) is 17.4 Å². The molecule has 1 N–H and O–H groups in total. The summed E-state index contributed by atoms with van der Waals surface area (Å²) in [7, 11) is 0. The Kier molecular flexibility index (Phi) is 3.95. The van der Waals surface area contributed by atoms with Crippen LogP contribution in [0.4, 0.5) is 5.69 Å². The predicted molar refractivity (Wildman–Crippen MR) is 95.5 cm³/mol. The first-order chi connectivity index (χ1) is 11.1. The van der Waals surface area contributed by atoms with Crippen LogP contribution in [-0.2, 0) is 10.2 Å². The summed E-state index contributed by atoms with van der Waals surface area (Å²) in [6.07, 6.45) is 0. The van der Waals surface area contributed by atoms with Gasteiger partial charge in [0, 0.05) is 43.0 Å². The number of anilines is 1. The van der Waals surface area contributed by atoms with Gasteiger partial charge in [-0.2, -0.15) is 0 Å². The Hall–Kier alpha value is -1.88. The van der Waals surface area contributed by atoms with Crippen LogP contribution in [0.3, 0.4) is 0 Å². The number of nitrogens with zero attached hydrogens (tertiary/aromatic N) is 2. The van der Waals surface area contributed by atoms with Crippen molar-refractivity contribution in [2.45, 2.75) is 45.6 Å². The first kappa shape index (κ1) is 17.0. The van der Waals surface area contributed by atoms with Gasteiger partial charge in [-0.05, 0) is 58.4 Å². The zero-order valence-electron chi connectivity index (χ0n) is 15.3. The molecule has 0 atom stereocenters. The van der Waals surface area contributed by atoms with Crippen LogP contribution < -0.4 is 10.2 Å². The Morgan fingerprint density at radius 2 is 1.67 bits per heavy atom. The summed E-state index contributed by atoms with van der Waals surface area (Å²) in [6.45, 7) is 14.4. The van der Waals surface area contributed by atoms with Gasteiger partial charge >= 0.3 is 0 Å². The molecule has 0 unspecified atom stereocenters. The minimum atomic E-state index is -0.688. The molecule has 5 heteroatoms. The normalized spacial score (nSPS) is 21.5. The first-order valence-corrected chi connectivity index (χ1v) is 8.61. The minimum absolute atomic E-state index is 0.189. The molecule has 130 valence electrons. The van der Waals surface area contributed by atoms with Gasteiger partial charge < -0.3 is 4.90 Å². The second-order valence-electron chi connectivity index (χ2n) is 8.28. The fraction of sp³-hybridized carbons (Fsp3) is 0.579. The van der Waals surface area contributed by atoms with Gasteiger partial charge in [-0.1, -0.05) is 0 Å². The number of hydrogen-bond acceptors (Lipinski definition) is 4. The molecule has 5 nitrogen and oxygen atoms in total. The second kappa shape index (κ2) is 5.59. The SMILES string of the molecule is CC1(C)C(=O)NC(=O)c2ccc(N3CCN(C(C)(C)C)CC3)cc21. The lowest BCUT2D eigenvalue weighted by molar-refractivity contribution is -0.125. The van der Waals surface area contributed by atoms with Gasteiger partial charge in [0.2, 0.25) is 5.91 Å². The third-order valence-corrected chi connectivity index (χ3v) is 5.31. The highest BCUT2D eigenvalue weighted by molar-refractivity contribution is 6.13. The summed E-state index contributed by atoms with van der Waals surface area (Å²) < 4.78 is 0. The van der Waals surface area contributed by atoms with Gasteiger partial charge in [-0.3, -0.25) is 19.8 Å². The highest BCUT2D eigenvalue weighted by Crippen LogP contribution is 2.34. The Bertz CT molecular complexity index is 680. The third kappa shape index (κ3) is 2.81. The van der Waals surface area contributed by atoms with Gasteiger partial charge in [0.25, 0.3) is 5.91 Å². The van der Waals surface area contributed by atoms with Crippen molar-refractivity contribution in [1.29, 1.82) is 0 Å². The van der Waals surface area contributed by atoms with E-state index in [1.54, 1.807) is 0 Å². The molecule has 0 saturated carbocycles. The highest BCUT2D eigenvalue weighted by atomic mass is 16.2. The molecule has 1 aromatic carbocycles. The maximum absolute atomic E-state index is 12.2. The molecule has 2 aliphatic heterocycles. The summed E-state index contributed by atoms with van der Waals surface area (Å²) >= 11 is 0. The molecule has 0 spiro atoms. The van der Waals surface area contributed by atoms with E-state index in [1.165, 1.54) is 0 Å². The Morgan fingerprint density at radius 1 is 1.04 bits per heavy atom. The molecule has 0 aliphatic carbocycles. The van der Waals surface area contributed by atoms with Crippen molar-refractivity contribution >= 4 is 17.5 Å². The number of carbonyl (C=O) groups is 2. The molecule has 0 radical (unpaired) electrons. The number of nitrogens with one attached hydrogen (secondary N) is 1. The number of amides is 2. The van der Waals surface area contributed by atoms with Gasteiger partial charge in [0.1, 0.15) is 0 Å². The minimum Gasteiger partial charge on any atom is -0.369 e. The van der Waals surface area contributed by atoms with E-state index >= 15 is 0 Å². The number of piperazine rings is 1. The largest absolute Gasteiger partial charge is 0.369 e. The van der Waals surface area contributed by atoms with Crippen LogP contribution in [0, 0.1) is 0 Å². The molecular weight excluding hydrogens is 302 g/mol. The molecule has 2 aliphatic rings. The molecule has 3 rings (SSSR count). The quantitative estimate of drug-likeness (QED) is 0.802. The van der Waals surface area contributed by atoms with E-state index in [1.807, 2.05) is 32.0 Å². The molecule has 24 heavy (non-hydrogen) atoms. The molecule has 0 bridgehead atoms. The lowest BCUT2D eigenvalue weighted by Gasteiger charge is -2.43. The Morgan fingerprint density at radius 3 is 2.25 bits per heavy atom. The average Bonchev–Trinajstić information content (AvgIpc) is 2.52. The van der Waals surface area contributed by atoms with E-state index in [2.05, 4.69) is 35.9 Å². The molecule has 2 amide bonds. The van der Waals surface area contributed by atoms with Crippen molar-refractivity contribution in [3.8, 4) is 0 Å². The topological polar surface area (TPSA) is 52.7 Å². The standard InChI is InChI=1S/C19H27N3O2/c1-18(2,3)22-10-8-21(9-11-22)13-6-7-14-15(12-13)19(4,5)17(24)20-16(14)23/h6-7,12H,8-11H2,1-5H3,(H,20,23,24). The van der Waals surface area contributed by atoms with Gasteiger partial charge in [-0.25, -0.2) is 0 Å². The van der Waals surface area contributed by atoms with Gasteiger partial charge in [0.05, 0.1) is 5.41 Å². The van der Waals surface area contributed by atoms with Crippen LogP contribution in [-0.4, -0.2) is 48.4 Å². The van der Waals surface area contributed by atoms with Crippen LogP contribution in [0.1, 0.15) is 50.5 Å². The van der Waals surface area contributed by atoms with E-state index < -0.39 is 5.41 Å². The zero-order chi connectivity index (χ0) is 17.7. The van der Waals surface area contributed by atoms with E-state index in [4.69, 9.17) is 0 Å². The average molecular weight is 329 g/mol. The predicted octanol–water partition coefficient (Wildman–Crippen LogP) is 2.15.